The van der Waals surface area contributed by atoms with E-state index in [0.717, 1.165) is 12.1 Å². The fourth-order valence-electron chi connectivity index (χ4n) is 1.38. The van der Waals surface area contributed by atoms with E-state index in [9.17, 15) is 0 Å². The minimum atomic E-state index is 1.03. The third-order valence-electron chi connectivity index (χ3n) is 2.42. The van der Waals surface area contributed by atoms with Crippen LogP contribution in [0.25, 0.3) is 0 Å². The molecule has 0 N–H and O–H groups in total. The lowest BCUT2D eigenvalue weighted by atomic mass is 10.3. The molecule has 1 aromatic heterocycles. The van der Waals surface area contributed by atoms with Gasteiger partial charge in [0, 0.05) is 11.9 Å². The van der Waals surface area contributed by atoms with Crippen molar-refractivity contribution in [2.45, 2.75) is 27.2 Å². The number of rotatable bonds is 1. The van der Waals surface area contributed by atoms with E-state index in [-0.39, 0.29) is 0 Å². The first kappa shape index (κ1) is 19.6. The largest absolute Gasteiger partial charge is 0.261 e. The predicted molar refractivity (Wildman–Crippen MR) is 97.8 cm³/mol. The zero-order valence-electron chi connectivity index (χ0n) is 13.9. The van der Waals surface area contributed by atoms with Gasteiger partial charge in [0.15, 0.2) is 0 Å². The molecule has 0 atom stereocenters. The van der Waals surface area contributed by atoms with E-state index in [1.165, 1.54) is 0 Å². The molecule has 3 rings (SSSR count). The van der Waals surface area contributed by atoms with Crippen molar-refractivity contribution in [3.63, 3.8) is 0 Å². The first-order chi connectivity index (χ1) is 10.9. The van der Waals surface area contributed by atoms with Gasteiger partial charge < -0.3 is 0 Å². The number of hydrogen-bond donors (Lipinski definition) is 0. The van der Waals surface area contributed by atoms with Gasteiger partial charge >= 0.3 is 0 Å². The van der Waals surface area contributed by atoms with E-state index in [1.807, 2.05) is 111 Å². The maximum Gasteiger partial charge on any atom is 0.0400 e. The highest BCUT2D eigenvalue weighted by Crippen LogP contribution is 1.91. The van der Waals surface area contributed by atoms with Gasteiger partial charge in [-0.3, -0.25) is 4.98 Å². The second kappa shape index (κ2) is 16.6. The molecule has 22 heavy (non-hydrogen) atoms. The number of aromatic nitrogens is 1. The Balaban J connectivity index is 0.000000288. The van der Waals surface area contributed by atoms with E-state index >= 15 is 0 Å². The molecular formula is C21H27N. The molecule has 1 heterocycles. The van der Waals surface area contributed by atoms with Crippen LogP contribution in [0.3, 0.4) is 0 Å². The Labute approximate surface area is 135 Å². The van der Waals surface area contributed by atoms with Crippen molar-refractivity contribution in [3.8, 4) is 0 Å². The third-order valence-corrected chi connectivity index (χ3v) is 2.42. The Kier molecular flexibility index (Phi) is 14.8. The lowest BCUT2D eigenvalue weighted by Crippen LogP contribution is -1.81. The molecule has 1 nitrogen and oxygen atoms in total. The van der Waals surface area contributed by atoms with E-state index in [1.54, 1.807) is 0 Å². The molecule has 0 aliphatic carbocycles. The van der Waals surface area contributed by atoms with Gasteiger partial charge in [-0.1, -0.05) is 99.6 Å². The summed E-state index contributed by atoms with van der Waals surface area (Å²) in [4.78, 5) is 4.10. The standard InChI is InChI=1S/C7H9N.2C6H6.C2H6/c1-2-7-5-3-4-6-8-7;2*1-2-4-6-5-3-1;1-2/h3-6H,2H2,1H3;2*1-6H;1-2H3. The lowest BCUT2D eigenvalue weighted by Gasteiger charge is -1.88. The summed E-state index contributed by atoms with van der Waals surface area (Å²) in [5, 5.41) is 0. The van der Waals surface area contributed by atoms with Crippen LogP contribution >= 0.6 is 0 Å². The summed E-state index contributed by atoms with van der Waals surface area (Å²) in [7, 11) is 0. The predicted octanol–water partition coefficient (Wildman–Crippen LogP) is 6.04. The SMILES string of the molecule is CC.CCc1ccccn1.c1ccccc1.c1ccccc1. The summed E-state index contributed by atoms with van der Waals surface area (Å²) in [6.07, 6.45) is 2.85. The van der Waals surface area contributed by atoms with Crippen LogP contribution in [0.1, 0.15) is 26.5 Å². The van der Waals surface area contributed by atoms with Crippen LogP contribution in [0, 0.1) is 0 Å². The minimum absolute atomic E-state index is 1.03. The molecule has 116 valence electrons. The highest BCUT2D eigenvalue weighted by Gasteiger charge is 1.81. The highest BCUT2D eigenvalue weighted by atomic mass is 14.6. The Morgan fingerprint density at radius 2 is 0.955 bits per heavy atom. The maximum atomic E-state index is 4.10. The summed E-state index contributed by atoms with van der Waals surface area (Å²) < 4.78 is 0. The molecule has 0 aliphatic rings. The van der Waals surface area contributed by atoms with Crippen LogP contribution in [0.5, 0.6) is 0 Å². The summed E-state index contributed by atoms with van der Waals surface area (Å²) >= 11 is 0. The van der Waals surface area contributed by atoms with Gasteiger partial charge in [0.25, 0.3) is 0 Å². The summed E-state index contributed by atoms with van der Waals surface area (Å²) in [5.41, 5.74) is 1.16. The van der Waals surface area contributed by atoms with Crippen LogP contribution in [-0.4, -0.2) is 4.98 Å². The van der Waals surface area contributed by atoms with E-state index in [0.29, 0.717) is 0 Å². The number of aryl methyl sites for hydroxylation is 1. The quantitative estimate of drug-likeness (QED) is 0.532. The summed E-state index contributed by atoms with van der Waals surface area (Å²) in [6, 6.07) is 30.0. The smallest absolute Gasteiger partial charge is 0.0400 e. The summed E-state index contributed by atoms with van der Waals surface area (Å²) in [5.74, 6) is 0. The molecule has 0 bridgehead atoms. The molecule has 0 radical (unpaired) electrons. The molecule has 0 aliphatic heterocycles. The summed E-state index contributed by atoms with van der Waals surface area (Å²) in [6.45, 7) is 6.10. The van der Waals surface area contributed by atoms with Gasteiger partial charge in [-0.05, 0) is 18.6 Å². The van der Waals surface area contributed by atoms with Crippen molar-refractivity contribution in [2.75, 3.05) is 0 Å². The lowest BCUT2D eigenvalue weighted by molar-refractivity contribution is 1.04. The topological polar surface area (TPSA) is 12.9 Å². The molecule has 0 saturated heterocycles. The van der Waals surface area contributed by atoms with Crippen molar-refractivity contribution in [3.05, 3.63) is 103 Å². The van der Waals surface area contributed by atoms with Crippen LogP contribution in [0.4, 0.5) is 0 Å². The molecular weight excluding hydrogens is 266 g/mol. The Hall–Kier alpha value is -2.41. The van der Waals surface area contributed by atoms with Crippen molar-refractivity contribution >= 4 is 0 Å². The number of benzene rings is 2. The Morgan fingerprint density at radius 1 is 0.591 bits per heavy atom. The fraction of sp³-hybridized carbons (Fsp3) is 0.190. The van der Waals surface area contributed by atoms with E-state index in [4.69, 9.17) is 0 Å². The first-order valence-electron chi connectivity index (χ1n) is 7.83. The second-order valence-electron chi connectivity index (χ2n) is 3.98. The van der Waals surface area contributed by atoms with Crippen LogP contribution in [-0.2, 0) is 6.42 Å². The zero-order valence-corrected chi connectivity index (χ0v) is 13.9. The van der Waals surface area contributed by atoms with E-state index in [2.05, 4.69) is 11.9 Å². The van der Waals surface area contributed by atoms with E-state index < -0.39 is 0 Å². The molecule has 0 saturated carbocycles. The van der Waals surface area contributed by atoms with Crippen molar-refractivity contribution in [2.24, 2.45) is 0 Å². The maximum absolute atomic E-state index is 4.10. The van der Waals surface area contributed by atoms with Gasteiger partial charge in [0.1, 0.15) is 0 Å². The number of nitrogens with zero attached hydrogens (tertiary/aromatic N) is 1. The molecule has 3 aromatic rings. The monoisotopic (exact) mass is 293 g/mol. The molecule has 1 heteroatoms. The van der Waals surface area contributed by atoms with Crippen LogP contribution in [0.2, 0.25) is 0 Å². The van der Waals surface area contributed by atoms with Gasteiger partial charge in [0.2, 0.25) is 0 Å². The second-order valence-corrected chi connectivity index (χ2v) is 3.98. The first-order valence-corrected chi connectivity index (χ1v) is 7.83. The van der Waals surface area contributed by atoms with Crippen molar-refractivity contribution < 1.29 is 0 Å². The van der Waals surface area contributed by atoms with Crippen molar-refractivity contribution in [1.82, 2.24) is 4.98 Å². The van der Waals surface area contributed by atoms with Gasteiger partial charge in [-0.15, -0.1) is 0 Å². The Bertz CT molecular complexity index is 421. The fourth-order valence-corrected chi connectivity index (χ4v) is 1.38. The zero-order chi connectivity index (χ0) is 16.3. The molecule has 0 unspecified atom stereocenters. The highest BCUT2D eigenvalue weighted by molar-refractivity contribution is 5.02. The minimum Gasteiger partial charge on any atom is -0.261 e. The van der Waals surface area contributed by atoms with Crippen LogP contribution < -0.4 is 0 Å². The normalized spacial score (nSPS) is 7.95. The molecule has 0 spiro atoms. The number of hydrogen-bond acceptors (Lipinski definition) is 1. The Morgan fingerprint density at radius 3 is 1.14 bits per heavy atom. The third kappa shape index (κ3) is 12.6. The molecule has 0 amide bonds. The van der Waals surface area contributed by atoms with Crippen molar-refractivity contribution in [1.29, 1.82) is 0 Å². The average molecular weight is 293 g/mol. The van der Waals surface area contributed by atoms with Gasteiger partial charge in [0.05, 0.1) is 0 Å². The van der Waals surface area contributed by atoms with Gasteiger partial charge in [-0.2, -0.15) is 0 Å². The van der Waals surface area contributed by atoms with Gasteiger partial charge in [-0.25, -0.2) is 0 Å². The molecule has 2 aromatic carbocycles. The van der Waals surface area contributed by atoms with Crippen LogP contribution in [0.15, 0.2) is 97.2 Å². The molecule has 0 fully saturated rings. The number of pyridine rings is 1. The average Bonchev–Trinajstić information content (AvgIpc) is 2.68.